The molecule has 0 amide bonds. The van der Waals surface area contributed by atoms with Crippen LogP contribution in [0.1, 0.15) is 26.7 Å². The highest BCUT2D eigenvalue weighted by Gasteiger charge is 2.16. The Balaban J connectivity index is 4.04. The predicted octanol–water partition coefficient (Wildman–Crippen LogP) is 0.446. The second-order valence-corrected chi connectivity index (χ2v) is 3.75. The molecule has 0 fully saturated rings. The summed E-state index contributed by atoms with van der Waals surface area (Å²) < 4.78 is 0. The molecule has 2 N–H and O–H groups in total. The van der Waals surface area contributed by atoms with Crippen LogP contribution in [0.25, 0.3) is 0 Å². The molecule has 0 spiro atoms. The Kier molecular flexibility index (Phi) is 6.67. The van der Waals surface area contributed by atoms with Gasteiger partial charge in [-0.1, -0.05) is 0 Å². The highest BCUT2D eigenvalue weighted by Crippen LogP contribution is 2.03. The van der Waals surface area contributed by atoms with E-state index < -0.39 is 12.1 Å². The molecule has 0 radical (unpaired) electrons. The predicted molar refractivity (Wildman–Crippen MR) is 55.2 cm³/mol. The molecule has 0 aliphatic heterocycles. The number of aliphatic carboxylic acids is 1. The van der Waals surface area contributed by atoms with E-state index in [9.17, 15) is 9.90 Å². The Bertz CT molecular complexity index is 235. The number of aliphatic hydroxyl groups is 1. The molecule has 0 heterocycles. The van der Waals surface area contributed by atoms with Crippen LogP contribution >= 0.6 is 0 Å². The zero-order chi connectivity index (χ0) is 11.8. The van der Waals surface area contributed by atoms with Crippen molar-refractivity contribution >= 4 is 5.97 Å². The Morgan fingerprint density at radius 2 is 2.13 bits per heavy atom. The van der Waals surface area contributed by atoms with Crippen LogP contribution in [-0.4, -0.2) is 46.3 Å². The Morgan fingerprint density at radius 3 is 2.53 bits per heavy atom. The van der Waals surface area contributed by atoms with E-state index in [1.807, 2.05) is 24.8 Å². The molecule has 1 unspecified atom stereocenters. The van der Waals surface area contributed by atoms with Gasteiger partial charge in [-0.05, 0) is 13.8 Å². The normalized spacial score (nSPS) is 12.8. The summed E-state index contributed by atoms with van der Waals surface area (Å²) in [6.45, 7) is 4.76. The van der Waals surface area contributed by atoms with Crippen molar-refractivity contribution in [2.45, 2.75) is 38.8 Å². The summed E-state index contributed by atoms with van der Waals surface area (Å²) in [5, 5.41) is 26.4. The summed E-state index contributed by atoms with van der Waals surface area (Å²) in [7, 11) is 0. The largest absolute Gasteiger partial charge is 0.481 e. The fraction of sp³-hybridized carbons (Fsp3) is 0.800. The Labute approximate surface area is 89.9 Å². The summed E-state index contributed by atoms with van der Waals surface area (Å²) in [6, 6.07) is 2.22. The van der Waals surface area contributed by atoms with E-state index in [2.05, 4.69) is 0 Å². The lowest BCUT2D eigenvalue weighted by Crippen LogP contribution is -2.38. The highest BCUT2D eigenvalue weighted by molar-refractivity contribution is 5.67. The van der Waals surface area contributed by atoms with Gasteiger partial charge in [-0.3, -0.25) is 9.69 Å². The van der Waals surface area contributed by atoms with Crippen LogP contribution in [0.15, 0.2) is 0 Å². The fourth-order valence-corrected chi connectivity index (χ4v) is 1.29. The summed E-state index contributed by atoms with van der Waals surface area (Å²) in [4.78, 5) is 12.2. The maximum absolute atomic E-state index is 10.3. The molecular weight excluding hydrogens is 196 g/mol. The zero-order valence-electron chi connectivity index (χ0n) is 9.18. The van der Waals surface area contributed by atoms with Gasteiger partial charge in [0.15, 0.2) is 0 Å². The minimum absolute atomic E-state index is 0.196. The van der Waals surface area contributed by atoms with Crippen LogP contribution in [-0.2, 0) is 4.79 Å². The van der Waals surface area contributed by atoms with E-state index in [1.54, 1.807) is 0 Å². The first-order valence-electron chi connectivity index (χ1n) is 4.98. The van der Waals surface area contributed by atoms with Gasteiger partial charge < -0.3 is 10.2 Å². The Hall–Kier alpha value is -1.12. The van der Waals surface area contributed by atoms with Gasteiger partial charge in [0, 0.05) is 25.6 Å². The highest BCUT2D eigenvalue weighted by atomic mass is 16.4. The molecule has 15 heavy (non-hydrogen) atoms. The number of hydrogen-bond donors (Lipinski definition) is 2. The van der Waals surface area contributed by atoms with E-state index >= 15 is 0 Å². The van der Waals surface area contributed by atoms with E-state index in [0.717, 1.165) is 0 Å². The van der Waals surface area contributed by atoms with Gasteiger partial charge in [0.2, 0.25) is 0 Å². The maximum atomic E-state index is 10.3. The average molecular weight is 214 g/mol. The topological polar surface area (TPSA) is 84.6 Å². The van der Waals surface area contributed by atoms with Gasteiger partial charge >= 0.3 is 5.97 Å². The molecule has 1 atom stereocenters. The molecule has 5 heteroatoms. The first-order chi connectivity index (χ1) is 6.97. The molecule has 0 aromatic rings. The number of carbonyl (C=O) groups is 1. The van der Waals surface area contributed by atoms with Crippen molar-refractivity contribution in [3.05, 3.63) is 0 Å². The van der Waals surface area contributed by atoms with Crippen molar-refractivity contribution < 1.29 is 15.0 Å². The minimum atomic E-state index is -1.01. The molecule has 0 saturated heterocycles. The molecule has 0 aliphatic carbocycles. The van der Waals surface area contributed by atoms with Crippen molar-refractivity contribution in [3.8, 4) is 6.07 Å². The van der Waals surface area contributed by atoms with E-state index in [-0.39, 0.29) is 12.5 Å². The molecule has 0 bridgehead atoms. The third kappa shape index (κ3) is 6.89. The SMILES string of the molecule is CC(C)N(CCC#N)CC(O)CC(=O)O. The summed E-state index contributed by atoms with van der Waals surface area (Å²) in [5.41, 5.74) is 0. The maximum Gasteiger partial charge on any atom is 0.306 e. The lowest BCUT2D eigenvalue weighted by molar-refractivity contribution is -0.139. The van der Waals surface area contributed by atoms with Gasteiger partial charge in [0.25, 0.3) is 0 Å². The Morgan fingerprint density at radius 1 is 1.53 bits per heavy atom. The van der Waals surface area contributed by atoms with E-state index in [0.29, 0.717) is 19.5 Å². The van der Waals surface area contributed by atoms with Crippen molar-refractivity contribution in [2.24, 2.45) is 0 Å². The van der Waals surface area contributed by atoms with Gasteiger partial charge in [-0.15, -0.1) is 0 Å². The minimum Gasteiger partial charge on any atom is -0.481 e. The van der Waals surface area contributed by atoms with Gasteiger partial charge in [0.05, 0.1) is 18.6 Å². The van der Waals surface area contributed by atoms with Gasteiger partial charge in [0.1, 0.15) is 0 Å². The van der Waals surface area contributed by atoms with Gasteiger partial charge in [-0.25, -0.2) is 0 Å². The number of carboxylic acid groups (broad SMARTS) is 1. The number of aliphatic hydroxyl groups excluding tert-OH is 1. The quantitative estimate of drug-likeness (QED) is 0.642. The summed E-state index contributed by atoms with van der Waals surface area (Å²) in [5.74, 6) is -1.01. The monoisotopic (exact) mass is 214 g/mol. The lowest BCUT2D eigenvalue weighted by Gasteiger charge is -2.27. The first-order valence-corrected chi connectivity index (χ1v) is 4.98. The summed E-state index contributed by atoms with van der Waals surface area (Å²) >= 11 is 0. The van der Waals surface area contributed by atoms with Crippen LogP contribution in [0.5, 0.6) is 0 Å². The number of carboxylic acids is 1. The summed E-state index contributed by atoms with van der Waals surface area (Å²) in [6.07, 6.45) is -0.739. The molecule has 0 aromatic carbocycles. The molecular formula is C10H18N2O3. The van der Waals surface area contributed by atoms with E-state index in [4.69, 9.17) is 10.4 Å². The number of hydrogen-bond acceptors (Lipinski definition) is 4. The third-order valence-corrected chi connectivity index (χ3v) is 2.10. The molecule has 0 aliphatic rings. The number of nitriles is 1. The smallest absolute Gasteiger partial charge is 0.306 e. The van der Waals surface area contributed by atoms with Crippen molar-refractivity contribution in [1.82, 2.24) is 4.90 Å². The van der Waals surface area contributed by atoms with Crippen LogP contribution in [0.2, 0.25) is 0 Å². The van der Waals surface area contributed by atoms with Crippen molar-refractivity contribution in [1.29, 1.82) is 5.26 Å². The number of nitrogens with zero attached hydrogens (tertiary/aromatic N) is 2. The second kappa shape index (κ2) is 7.21. The second-order valence-electron chi connectivity index (χ2n) is 3.75. The van der Waals surface area contributed by atoms with Crippen LogP contribution < -0.4 is 0 Å². The zero-order valence-corrected chi connectivity index (χ0v) is 9.18. The third-order valence-electron chi connectivity index (χ3n) is 2.10. The van der Waals surface area contributed by atoms with Crippen LogP contribution in [0.4, 0.5) is 0 Å². The molecule has 0 rings (SSSR count). The van der Waals surface area contributed by atoms with Crippen molar-refractivity contribution in [3.63, 3.8) is 0 Å². The average Bonchev–Trinajstić information content (AvgIpc) is 2.10. The molecule has 0 saturated carbocycles. The fourth-order valence-electron chi connectivity index (χ4n) is 1.29. The molecule has 5 nitrogen and oxygen atoms in total. The van der Waals surface area contributed by atoms with Gasteiger partial charge in [-0.2, -0.15) is 5.26 Å². The van der Waals surface area contributed by atoms with Crippen LogP contribution in [0.3, 0.4) is 0 Å². The number of rotatable bonds is 7. The van der Waals surface area contributed by atoms with E-state index in [1.165, 1.54) is 0 Å². The van der Waals surface area contributed by atoms with Crippen molar-refractivity contribution in [2.75, 3.05) is 13.1 Å². The molecule has 86 valence electrons. The lowest BCUT2D eigenvalue weighted by atomic mass is 10.2. The first kappa shape index (κ1) is 13.9. The standard InChI is InChI=1S/C10H18N2O3/c1-8(2)12(5-3-4-11)7-9(13)6-10(14)15/h8-9,13H,3,5-7H2,1-2H3,(H,14,15). The van der Waals surface area contributed by atoms with Crippen LogP contribution in [0, 0.1) is 11.3 Å². The molecule has 0 aromatic heterocycles.